The van der Waals surface area contributed by atoms with Crippen molar-refractivity contribution in [1.82, 2.24) is 19.7 Å². The highest BCUT2D eigenvalue weighted by Crippen LogP contribution is 2.21. The van der Waals surface area contributed by atoms with Gasteiger partial charge in [-0.05, 0) is 24.6 Å². The Labute approximate surface area is 124 Å². The van der Waals surface area contributed by atoms with Crippen LogP contribution in [-0.4, -0.2) is 39.2 Å². The summed E-state index contributed by atoms with van der Waals surface area (Å²) in [6.07, 6.45) is 3.15. The van der Waals surface area contributed by atoms with E-state index in [-0.39, 0.29) is 17.9 Å². The molecule has 0 aliphatic carbocycles. The lowest BCUT2D eigenvalue weighted by Crippen LogP contribution is -2.36. The second-order valence-corrected chi connectivity index (χ2v) is 5.19. The van der Waals surface area contributed by atoms with Gasteiger partial charge in [-0.25, -0.2) is 9.67 Å². The van der Waals surface area contributed by atoms with Crippen LogP contribution < -0.4 is 5.73 Å². The van der Waals surface area contributed by atoms with E-state index in [9.17, 15) is 4.79 Å². The van der Waals surface area contributed by atoms with E-state index < -0.39 is 0 Å². The molecule has 1 amide bonds. The van der Waals surface area contributed by atoms with E-state index in [0.717, 1.165) is 11.3 Å². The first-order valence-electron chi connectivity index (χ1n) is 6.96. The second-order valence-electron chi connectivity index (χ2n) is 5.19. The average molecular weight is 287 g/mol. The van der Waals surface area contributed by atoms with Crippen LogP contribution in [0.25, 0.3) is 5.69 Å². The van der Waals surface area contributed by atoms with Crippen molar-refractivity contribution in [2.24, 2.45) is 11.7 Å². The Bertz CT molecular complexity index is 579. The van der Waals surface area contributed by atoms with Crippen molar-refractivity contribution < 1.29 is 4.79 Å². The van der Waals surface area contributed by atoms with E-state index in [4.69, 9.17) is 5.73 Å². The molecule has 1 heterocycles. The normalized spacial score (nSPS) is 13.7. The van der Waals surface area contributed by atoms with Crippen LogP contribution in [-0.2, 0) is 4.79 Å². The van der Waals surface area contributed by atoms with E-state index in [1.54, 1.807) is 15.9 Å². The molecule has 0 aliphatic rings. The molecular weight excluding hydrogens is 266 g/mol. The van der Waals surface area contributed by atoms with Gasteiger partial charge in [0.05, 0.1) is 11.7 Å². The number of nitrogens with zero attached hydrogens (tertiary/aromatic N) is 4. The molecule has 0 saturated carbocycles. The Morgan fingerprint density at radius 1 is 1.33 bits per heavy atom. The number of hydrogen-bond donors (Lipinski definition) is 1. The van der Waals surface area contributed by atoms with E-state index >= 15 is 0 Å². The van der Waals surface area contributed by atoms with Gasteiger partial charge in [-0.3, -0.25) is 4.79 Å². The molecule has 6 heteroatoms. The third-order valence-corrected chi connectivity index (χ3v) is 3.76. The minimum absolute atomic E-state index is 0.00343. The fourth-order valence-electron chi connectivity index (χ4n) is 2.11. The Morgan fingerprint density at radius 3 is 2.52 bits per heavy atom. The van der Waals surface area contributed by atoms with E-state index in [0.29, 0.717) is 6.54 Å². The lowest BCUT2D eigenvalue weighted by Gasteiger charge is -2.27. The lowest BCUT2D eigenvalue weighted by molar-refractivity contribution is -0.135. The van der Waals surface area contributed by atoms with Gasteiger partial charge < -0.3 is 10.6 Å². The van der Waals surface area contributed by atoms with Gasteiger partial charge in [-0.2, -0.15) is 5.10 Å². The van der Waals surface area contributed by atoms with E-state index in [1.165, 1.54) is 6.33 Å². The molecule has 112 valence electrons. The summed E-state index contributed by atoms with van der Waals surface area (Å²) in [5.41, 5.74) is 7.57. The summed E-state index contributed by atoms with van der Waals surface area (Å²) in [6, 6.07) is 7.92. The predicted molar refractivity (Wildman–Crippen MR) is 80.8 cm³/mol. The fourth-order valence-corrected chi connectivity index (χ4v) is 2.11. The summed E-state index contributed by atoms with van der Waals surface area (Å²) in [4.78, 5) is 17.8. The van der Waals surface area contributed by atoms with Gasteiger partial charge in [-0.15, -0.1) is 0 Å². The molecule has 0 aliphatic heterocycles. The maximum absolute atomic E-state index is 12.2. The van der Waals surface area contributed by atoms with Gasteiger partial charge in [-0.1, -0.05) is 19.1 Å². The van der Waals surface area contributed by atoms with Gasteiger partial charge in [0.1, 0.15) is 12.7 Å². The standard InChI is InChI=1S/C15H21N5O/c1-11(8-16)15(21)19(3)12(2)13-4-6-14(7-5-13)20-10-17-9-18-20/h4-7,9-12H,8,16H2,1-3H3. The van der Waals surface area contributed by atoms with Gasteiger partial charge in [0.2, 0.25) is 5.91 Å². The number of carbonyl (C=O) groups is 1. The molecule has 2 aromatic rings. The molecule has 2 atom stereocenters. The number of nitrogens with two attached hydrogens (primary N) is 1. The maximum Gasteiger partial charge on any atom is 0.226 e. The highest BCUT2D eigenvalue weighted by atomic mass is 16.2. The topological polar surface area (TPSA) is 77.0 Å². The second kappa shape index (κ2) is 6.49. The van der Waals surface area contributed by atoms with Crippen molar-refractivity contribution in [3.63, 3.8) is 0 Å². The molecule has 21 heavy (non-hydrogen) atoms. The SMILES string of the molecule is CC(CN)C(=O)N(C)C(C)c1ccc(-n2cncn2)cc1. The molecule has 0 radical (unpaired) electrons. The first-order chi connectivity index (χ1) is 10.0. The Balaban J connectivity index is 2.13. The van der Waals surface area contributed by atoms with Crippen LogP contribution in [0.5, 0.6) is 0 Å². The summed E-state index contributed by atoms with van der Waals surface area (Å²) >= 11 is 0. The number of amides is 1. The summed E-state index contributed by atoms with van der Waals surface area (Å²) in [5.74, 6) is -0.0998. The zero-order valence-corrected chi connectivity index (χ0v) is 12.6. The van der Waals surface area contributed by atoms with Crippen molar-refractivity contribution >= 4 is 5.91 Å². The van der Waals surface area contributed by atoms with Crippen LogP contribution in [0.4, 0.5) is 0 Å². The van der Waals surface area contributed by atoms with Crippen LogP contribution in [0.15, 0.2) is 36.9 Å². The molecule has 2 rings (SSSR count). The largest absolute Gasteiger partial charge is 0.339 e. The first-order valence-corrected chi connectivity index (χ1v) is 6.96. The third kappa shape index (κ3) is 3.28. The number of hydrogen-bond acceptors (Lipinski definition) is 4. The highest BCUT2D eigenvalue weighted by molar-refractivity contribution is 5.78. The molecule has 2 unspecified atom stereocenters. The number of benzene rings is 1. The monoisotopic (exact) mass is 287 g/mol. The first kappa shape index (κ1) is 15.2. The molecule has 0 fully saturated rings. The van der Waals surface area contributed by atoms with Crippen molar-refractivity contribution in [3.8, 4) is 5.69 Å². The Kier molecular flexibility index (Phi) is 4.70. The van der Waals surface area contributed by atoms with Crippen LogP contribution in [0.3, 0.4) is 0 Å². The molecule has 0 saturated heterocycles. The number of rotatable bonds is 5. The van der Waals surface area contributed by atoms with Crippen LogP contribution >= 0.6 is 0 Å². The highest BCUT2D eigenvalue weighted by Gasteiger charge is 2.21. The zero-order chi connectivity index (χ0) is 15.4. The van der Waals surface area contributed by atoms with E-state index in [1.807, 2.05) is 45.2 Å². The van der Waals surface area contributed by atoms with Crippen molar-refractivity contribution in [2.75, 3.05) is 13.6 Å². The van der Waals surface area contributed by atoms with Gasteiger partial charge in [0.25, 0.3) is 0 Å². The minimum atomic E-state index is -0.160. The maximum atomic E-state index is 12.2. The van der Waals surface area contributed by atoms with Crippen LogP contribution in [0.2, 0.25) is 0 Å². The fraction of sp³-hybridized carbons (Fsp3) is 0.400. The lowest BCUT2D eigenvalue weighted by atomic mass is 10.0. The number of carbonyl (C=O) groups excluding carboxylic acids is 1. The van der Waals surface area contributed by atoms with Crippen molar-refractivity contribution in [2.45, 2.75) is 19.9 Å². The quantitative estimate of drug-likeness (QED) is 0.901. The van der Waals surface area contributed by atoms with Crippen molar-refractivity contribution in [3.05, 3.63) is 42.5 Å². The van der Waals surface area contributed by atoms with Crippen LogP contribution in [0.1, 0.15) is 25.5 Å². The molecule has 0 bridgehead atoms. The molecule has 1 aromatic heterocycles. The Hall–Kier alpha value is -2.21. The van der Waals surface area contributed by atoms with Gasteiger partial charge in [0, 0.05) is 19.5 Å². The molecule has 2 N–H and O–H groups in total. The summed E-state index contributed by atoms with van der Waals surface area (Å²) in [7, 11) is 1.81. The predicted octanol–water partition coefficient (Wildman–Crippen LogP) is 1.38. The summed E-state index contributed by atoms with van der Waals surface area (Å²) in [6.45, 7) is 4.21. The van der Waals surface area contributed by atoms with Gasteiger partial charge >= 0.3 is 0 Å². The van der Waals surface area contributed by atoms with Gasteiger partial charge in [0.15, 0.2) is 0 Å². The smallest absolute Gasteiger partial charge is 0.226 e. The van der Waals surface area contributed by atoms with E-state index in [2.05, 4.69) is 10.1 Å². The molecule has 1 aromatic carbocycles. The minimum Gasteiger partial charge on any atom is -0.339 e. The summed E-state index contributed by atoms with van der Waals surface area (Å²) < 4.78 is 1.69. The molecular formula is C15H21N5O. The Morgan fingerprint density at radius 2 is 2.00 bits per heavy atom. The summed E-state index contributed by atoms with van der Waals surface area (Å²) in [5, 5.41) is 4.09. The average Bonchev–Trinajstić information content (AvgIpc) is 3.06. The zero-order valence-electron chi connectivity index (χ0n) is 12.6. The van der Waals surface area contributed by atoms with Crippen molar-refractivity contribution in [1.29, 1.82) is 0 Å². The number of aromatic nitrogens is 3. The van der Waals surface area contributed by atoms with Crippen LogP contribution in [0, 0.1) is 5.92 Å². The molecule has 0 spiro atoms. The third-order valence-electron chi connectivity index (χ3n) is 3.76. The molecule has 6 nitrogen and oxygen atoms in total.